The zero-order chi connectivity index (χ0) is 23.8. The van der Waals surface area contributed by atoms with Crippen LogP contribution in [0.4, 0.5) is 5.69 Å². The zero-order valence-electron chi connectivity index (χ0n) is 20.8. The van der Waals surface area contributed by atoms with E-state index in [2.05, 4.69) is 122 Å². The van der Waals surface area contributed by atoms with E-state index in [9.17, 15) is 0 Å². The molecule has 0 aliphatic heterocycles. The Kier molecular flexibility index (Phi) is 6.24. The van der Waals surface area contributed by atoms with Gasteiger partial charge in [0.1, 0.15) is 0 Å². The van der Waals surface area contributed by atoms with Gasteiger partial charge in [-0.05, 0) is 68.8 Å². The molecule has 2 N–H and O–H groups in total. The predicted octanol–water partition coefficient (Wildman–Crippen LogP) is 8.30. The van der Waals surface area contributed by atoms with Crippen LogP contribution in [-0.2, 0) is 10.8 Å². The first-order valence-electron chi connectivity index (χ1n) is 11.3. The molecule has 166 valence electrons. The molecule has 3 rings (SSSR count). The number of hydrogen-bond donors (Lipinski definition) is 1. The Bertz CT molecular complexity index is 1050. The Labute approximate surface area is 194 Å². The maximum Gasteiger partial charge on any atom is 0.0473 e. The van der Waals surface area contributed by atoms with Crippen LogP contribution in [0.3, 0.4) is 0 Å². The van der Waals surface area contributed by atoms with E-state index in [0.717, 1.165) is 44.7 Å². The molecule has 0 amide bonds. The van der Waals surface area contributed by atoms with Gasteiger partial charge < -0.3 is 5.73 Å². The standard InChI is InChI=1S/C31H37N/c1-20-18-27(21(2)23-10-14-25(15-11-23)30(4,5)6)29(32)28(19-20)22(3)24-12-16-26(17-13-24)31(7,8)9/h10-19H,2-3,32H2,1,4-9H3. The normalized spacial score (nSPS) is 12.0. The summed E-state index contributed by atoms with van der Waals surface area (Å²) in [5, 5.41) is 0. The Morgan fingerprint density at radius 1 is 0.625 bits per heavy atom. The van der Waals surface area contributed by atoms with Crippen LogP contribution in [0.1, 0.15) is 80.5 Å². The molecule has 32 heavy (non-hydrogen) atoms. The third-order valence-corrected chi connectivity index (χ3v) is 6.17. The van der Waals surface area contributed by atoms with Crippen molar-refractivity contribution in [1.82, 2.24) is 0 Å². The van der Waals surface area contributed by atoms with Crippen LogP contribution in [-0.4, -0.2) is 0 Å². The largest absolute Gasteiger partial charge is 0.398 e. The Balaban J connectivity index is 1.98. The van der Waals surface area contributed by atoms with Crippen LogP contribution in [0.15, 0.2) is 73.8 Å². The molecule has 0 saturated carbocycles. The summed E-state index contributed by atoms with van der Waals surface area (Å²) < 4.78 is 0. The van der Waals surface area contributed by atoms with Crippen molar-refractivity contribution in [2.75, 3.05) is 5.73 Å². The molecule has 3 aromatic rings. The second-order valence-electron chi connectivity index (χ2n) is 10.9. The molecule has 1 nitrogen and oxygen atoms in total. The van der Waals surface area contributed by atoms with E-state index in [0.29, 0.717) is 0 Å². The summed E-state index contributed by atoms with van der Waals surface area (Å²) in [6.07, 6.45) is 0. The van der Waals surface area contributed by atoms with Crippen LogP contribution < -0.4 is 5.73 Å². The van der Waals surface area contributed by atoms with Crippen molar-refractivity contribution in [3.8, 4) is 0 Å². The van der Waals surface area contributed by atoms with Crippen molar-refractivity contribution in [3.63, 3.8) is 0 Å². The summed E-state index contributed by atoms with van der Waals surface area (Å²) in [7, 11) is 0. The number of aryl methyl sites for hydroxylation is 1. The topological polar surface area (TPSA) is 26.0 Å². The second-order valence-corrected chi connectivity index (χ2v) is 10.9. The fourth-order valence-corrected chi connectivity index (χ4v) is 3.95. The number of rotatable bonds is 4. The molecule has 0 fully saturated rings. The van der Waals surface area contributed by atoms with E-state index in [1.165, 1.54) is 11.1 Å². The smallest absolute Gasteiger partial charge is 0.0473 e. The third-order valence-electron chi connectivity index (χ3n) is 6.17. The lowest BCUT2D eigenvalue weighted by atomic mass is 9.84. The van der Waals surface area contributed by atoms with Crippen LogP contribution in [0.2, 0.25) is 0 Å². The Morgan fingerprint density at radius 2 is 0.938 bits per heavy atom. The number of benzene rings is 3. The summed E-state index contributed by atoms with van der Waals surface area (Å²) in [5.41, 5.74) is 17.4. The number of nitrogen functional groups attached to an aromatic ring is 1. The lowest BCUT2D eigenvalue weighted by molar-refractivity contribution is 0.590. The first-order valence-corrected chi connectivity index (χ1v) is 11.3. The minimum absolute atomic E-state index is 0.121. The average Bonchev–Trinajstić information content (AvgIpc) is 2.73. The van der Waals surface area contributed by atoms with Crippen molar-refractivity contribution in [2.45, 2.75) is 59.3 Å². The van der Waals surface area contributed by atoms with Crippen LogP contribution in [0.25, 0.3) is 11.1 Å². The lowest BCUT2D eigenvalue weighted by Gasteiger charge is -2.21. The van der Waals surface area contributed by atoms with Gasteiger partial charge in [0.25, 0.3) is 0 Å². The second kappa shape index (κ2) is 8.47. The Morgan fingerprint density at radius 3 is 1.22 bits per heavy atom. The van der Waals surface area contributed by atoms with Crippen molar-refractivity contribution >= 4 is 16.8 Å². The highest BCUT2D eigenvalue weighted by atomic mass is 14.6. The number of hydrogen-bond acceptors (Lipinski definition) is 1. The first-order chi connectivity index (χ1) is 14.8. The maximum absolute atomic E-state index is 6.71. The highest BCUT2D eigenvalue weighted by Crippen LogP contribution is 2.36. The molecular weight excluding hydrogens is 386 g/mol. The van der Waals surface area contributed by atoms with Crippen LogP contribution in [0, 0.1) is 6.92 Å². The van der Waals surface area contributed by atoms with Gasteiger partial charge in [-0.3, -0.25) is 0 Å². The van der Waals surface area contributed by atoms with Gasteiger partial charge in [0.05, 0.1) is 0 Å². The van der Waals surface area contributed by atoms with E-state index in [4.69, 9.17) is 5.73 Å². The predicted molar refractivity (Wildman–Crippen MR) is 142 cm³/mol. The minimum atomic E-state index is 0.121. The van der Waals surface area contributed by atoms with E-state index in [1.807, 2.05) is 0 Å². The fourth-order valence-electron chi connectivity index (χ4n) is 3.95. The molecule has 0 heterocycles. The summed E-state index contributed by atoms with van der Waals surface area (Å²) in [6, 6.07) is 21.5. The molecule has 1 heteroatoms. The molecule has 0 atom stereocenters. The summed E-state index contributed by atoms with van der Waals surface area (Å²) >= 11 is 0. The molecule has 3 aromatic carbocycles. The molecule has 0 aliphatic carbocycles. The van der Waals surface area contributed by atoms with Gasteiger partial charge in [-0.15, -0.1) is 0 Å². The van der Waals surface area contributed by atoms with E-state index < -0.39 is 0 Å². The highest BCUT2D eigenvalue weighted by Gasteiger charge is 2.17. The molecule has 0 saturated heterocycles. The van der Waals surface area contributed by atoms with Gasteiger partial charge in [0.15, 0.2) is 0 Å². The van der Waals surface area contributed by atoms with Gasteiger partial charge >= 0.3 is 0 Å². The number of nitrogens with two attached hydrogens (primary N) is 1. The zero-order valence-corrected chi connectivity index (χ0v) is 20.8. The van der Waals surface area contributed by atoms with Gasteiger partial charge in [-0.2, -0.15) is 0 Å². The van der Waals surface area contributed by atoms with Crippen molar-refractivity contribution in [2.24, 2.45) is 0 Å². The lowest BCUT2D eigenvalue weighted by Crippen LogP contribution is -2.10. The van der Waals surface area contributed by atoms with E-state index >= 15 is 0 Å². The molecule has 0 aliphatic rings. The Hall–Kier alpha value is -3.06. The summed E-state index contributed by atoms with van der Waals surface area (Å²) in [4.78, 5) is 0. The summed E-state index contributed by atoms with van der Waals surface area (Å²) in [5.74, 6) is 0. The molecule has 0 aromatic heterocycles. The molecule has 0 spiro atoms. The number of anilines is 1. The van der Waals surface area contributed by atoms with E-state index in [-0.39, 0.29) is 10.8 Å². The van der Waals surface area contributed by atoms with Crippen molar-refractivity contribution < 1.29 is 0 Å². The van der Waals surface area contributed by atoms with Crippen molar-refractivity contribution in [3.05, 3.63) is 113 Å². The van der Waals surface area contributed by atoms with Crippen LogP contribution >= 0.6 is 0 Å². The molecule has 0 radical (unpaired) electrons. The van der Waals surface area contributed by atoms with Gasteiger partial charge in [-0.25, -0.2) is 0 Å². The fraction of sp³-hybridized carbons (Fsp3) is 0.290. The first kappa shape index (κ1) is 23.6. The quantitative estimate of drug-likeness (QED) is 0.420. The maximum atomic E-state index is 6.71. The SMILES string of the molecule is C=C(c1ccc(C(C)(C)C)cc1)c1cc(C)cc(C(=C)c2ccc(C(C)(C)C)cc2)c1N. The third kappa shape index (κ3) is 4.88. The average molecular weight is 424 g/mol. The van der Waals surface area contributed by atoms with Gasteiger partial charge in [0, 0.05) is 16.8 Å². The highest BCUT2D eigenvalue weighted by molar-refractivity contribution is 5.92. The minimum Gasteiger partial charge on any atom is -0.398 e. The van der Waals surface area contributed by atoms with Crippen LogP contribution in [0.5, 0.6) is 0 Å². The van der Waals surface area contributed by atoms with Crippen molar-refractivity contribution in [1.29, 1.82) is 0 Å². The van der Waals surface area contributed by atoms with Gasteiger partial charge in [-0.1, -0.05) is 103 Å². The van der Waals surface area contributed by atoms with Gasteiger partial charge in [0.2, 0.25) is 0 Å². The molecule has 0 bridgehead atoms. The molecular formula is C31H37N. The van der Waals surface area contributed by atoms with E-state index in [1.54, 1.807) is 0 Å². The molecule has 0 unspecified atom stereocenters. The monoisotopic (exact) mass is 423 g/mol. The summed E-state index contributed by atoms with van der Waals surface area (Å²) in [6.45, 7) is 24.2.